The van der Waals surface area contributed by atoms with Crippen molar-refractivity contribution in [2.45, 2.75) is 6.54 Å². The molecular formula is C22H20N4O2. The predicted molar refractivity (Wildman–Crippen MR) is 110 cm³/mol. The number of ether oxygens (including phenoxy) is 1. The zero-order chi connectivity index (χ0) is 19.3. The van der Waals surface area contributed by atoms with Gasteiger partial charge in [0.05, 0.1) is 25.5 Å². The van der Waals surface area contributed by atoms with E-state index < -0.39 is 0 Å². The average Bonchev–Trinajstić information content (AvgIpc) is 3.15. The third-order valence-electron chi connectivity index (χ3n) is 4.45. The lowest BCUT2D eigenvalue weighted by molar-refractivity contribution is 0.256. The number of benzene rings is 2. The third kappa shape index (κ3) is 3.66. The third-order valence-corrected chi connectivity index (χ3v) is 4.45. The first-order valence-corrected chi connectivity index (χ1v) is 8.93. The minimum Gasteiger partial charge on any atom is -0.497 e. The lowest BCUT2D eigenvalue weighted by atomic mass is 10.2. The molecule has 0 aliphatic carbocycles. The summed E-state index contributed by atoms with van der Waals surface area (Å²) in [6, 6.07) is 22.5. The highest BCUT2D eigenvalue weighted by Crippen LogP contribution is 2.21. The summed E-state index contributed by atoms with van der Waals surface area (Å²) >= 11 is 0. The van der Waals surface area contributed by atoms with Gasteiger partial charge in [0.25, 0.3) is 0 Å². The summed E-state index contributed by atoms with van der Waals surface area (Å²) in [4.78, 5) is 19.2. The van der Waals surface area contributed by atoms with E-state index in [1.807, 2.05) is 77.3 Å². The van der Waals surface area contributed by atoms with E-state index in [1.54, 1.807) is 24.3 Å². The molecule has 0 aliphatic rings. The Balaban J connectivity index is 1.64. The van der Waals surface area contributed by atoms with Crippen LogP contribution in [-0.2, 0) is 6.54 Å². The molecule has 0 spiro atoms. The number of anilines is 2. The fraction of sp³-hybridized carbons (Fsp3) is 0.0909. The van der Waals surface area contributed by atoms with Crippen LogP contribution in [0.3, 0.4) is 0 Å². The van der Waals surface area contributed by atoms with Gasteiger partial charge in [-0.05, 0) is 36.4 Å². The number of amides is 2. The van der Waals surface area contributed by atoms with Gasteiger partial charge in [0.2, 0.25) is 0 Å². The van der Waals surface area contributed by atoms with Crippen molar-refractivity contribution in [3.63, 3.8) is 0 Å². The topological polar surface area (TPSA) is 58.9 Å². The van der Waals surface area contributed by atoms with Gasteiger partial charge in [-0.1, -0.05) is 30.3 Å². The molecule has 4 rings (SSSR count). The number of carbonyl (C=O) groups excluding carboxylic acids is 1. The van der Waals surface area contributed by atoms with E-state index >= 15 is 0 Å². The maximum absolute atomic E-state index is 13.1. The van der Waals surface area contributed by atoms with E-state index in [1.165, 1.54) is 0 Å². The fourth-order valence-corrected chi connectivity index (χ4v) is 3.04. The van der Waals surface area contributed by atoms with Crippen molar-refractivity contribution >= 4 is 23.1 Å². The number of nitrogens with one attached hydrogen (secondary N) is 1. The molecular weight excluding hydrogens is 352 g/mol. The number of hydrogen-bond acceptors (Lipinski definition) is 3. The van der Waals surface area contributed by atoms with Gasteiger partial charge in [-0.25, -0.2) is 9.78 Å². The molecule has 0 atom stereocenters. The Morgan fingerprint density at radius 3 is 2.71 bits per heavy atom. The summed E-state index contributed by atoms with van der Waals surface area (Å²) in [6.07, 6.45) is 3.74. The van der Waals surface area contributed by atoms with Crippen molar-refractivity contribution in [1.82, 2.24) is 9.38 Å². The number of aromatic nitrogens is 2. The summed E-state index contributed by atoms with van der Waals surface area (Å²) in [5.74, 6) is 0.686. The molecule has 2 aromatic carbocycles. The summed E-state index contributed by atoms with van der Waals surface area (Å²) in [6.45, 7) is 0.380. The Morgan fingerprint density at radius 1 is 1.07 bits per heavy atom. The quantitative estimate of drug-likeness (QED) is 0.558. The molecule has 28 heavy (non-hydrogen) atoms. The van der Waals surface area contributed by atoms with Gasteiger partial charge in [-0.15, -0.1) is 0 Å². The van der Waals surface area contributed by atoms with Crippen molar-refractivity contribution in [3.8, 4) is 5.75 Å². The number of para-hydroxylation sites is 1. The number of fused-ring (bicyclic) bond motifs is 1. The van der Waals surface area contributed by atoms with Crippen molar-refractivity contribution in [3.05, 3.63) is 90.9 Å². The summed E-state index contributed by atoms with van der Waals surface area (Å²) in [7, 11) is 1.60. The normalized spacial score (nSPS) is 10.6. The van der Waals surface area contributed by atoms with Gasteiger partial charge in [0, 0.05) is 23.6 Å². The van der Waals surface area contributed by atoms with Gasteiger partial charge in [-0.2, -0.15) is 0 Å². The van der Waals surface area contributed by atoms with Crippen LogP contribution in [0.5, 0.6) is 5.75 Å². The van der Waals surface area contributed by atoms with Crippen molar-refractivity contribution in [2.24, 2.45) is 0 Å². The van der Waals surface area contributed by atoms with Gasteiger partial charge >= 0.3 is 6.03 Å². The van der Waals surface area contributed by atoms with Gasteiger partial charge in [-0.3, -0.25) is 4.90 Å². The summed E-state index contributed by atoms with van der Waals surface area (Å²) < 4.78 is 7.22. The first-order valence-electron chi connectivity index (χ1n) is 8.93. The lowest BCUT2D eigenvalue weighted by Crippen LogP contribution is -2.34. The van der Waals surface area contributed by atoms with Gasteiger partial charge < -0.3 is 14.5 Å². The zero-order valence-electron chi connectivity index (χ0n) is 15.4. The minimum absolute atomic E-state index is 0.231. The Kier molecular flexibility index (Phi) is 4.93. The maximum atomic E-state index is 13.1. The second-order valence-corrected chi connectivity index (χ2v) is 6.26. The fourth-order valence-electron chi connectivity index (χ4n) is 3.04. The Bertz CT molecular complexity index is 1090. The molecule has 6 heteroatoms. The summed E-state index contributed by atoms with van der Waals surface area (Å²) in [5.41, 5.74) is 3.23. The molecule has 140 valence electrons. The molecule has 0 radical (unpaired) electrons. The predicted octanol–water partition coefficient (Wildman–Crippen LogP) is 4.58. The number of methoxy groups -OCH3 is 1. The molecule has 0 unspecified atom stereocenters. The minimum atomic E-state index is -0.231. The molecule has 0 bridgehead atoms. The monoisotopic (exact) mass is 372 g/mol. The number of pyridine rings is 1. The Hall–Kier alpha value is -3.80. The number of hydrogen-bond donors (Lipinski definition) is 1. The Labute approximate surface area is 163 Å². The molecule has 0 aliphatic heterocycles. The average molecular weight is 372 g/mol. The summed E-state index contributed by atoms with van der Waals surface area (Å²) in [5, 5.41) is 2.95. The molecule has 2 heterocycles. The number of imidazole rings is 1. The highest BCUT2D eigenvalue weighted by Gasteiger charge is 2.18. The number of rotatable bonds is 5. The van der Waals surface area contributed by atoms with Crippen LogP contribution >= 0.6 is 0 Å². The first-order chi connectivity index (χ1) is 13.7. The van der Waals surface area contributed by atoms with Gasteiger partial charge in [0.15, 0.2) is 0 Å². The number of nitrogens with zero attached hydrogens (tertiary/aromatic N) is 3. The SMILES string of the molecule is COc1cccc(NC(=O)N(Cc2cnc3ccccn23)c2ccccc2)c1. The highest BCUT2D eigenvalue weighted by atomic mass is 16.5. The van der Waals surface area contributed by atoms with Crippen molar-refractivity contribution in [1.29, 1.82) is 0 Å². The molecule has 2 aromatic heterocycles. The van der Waals surface area contributed by atoms with Crippen LogP contribution in [0, 0.1) is 0 Å². The van der Waals surface area contributed by atoms with Crippen LogP contribution in [0.4, 0.5) is 16.2 Å². The van der Waals surface area contributed by atoms with Crippen molar-refractivity contribution in [2.75, 3.05) is 17.3 Å². The van der Waals surface area contributed by atoms with Crippen LogP contribution in [0.2, 0.25) is 0 Å². The smallest absolute Gasteiger partial charge is 0.326 e. The van der Waals surface area contributed by atoms with Crippen LogP contribution < -0.4 is 15.0 Å². The van der Waals surface area contributed by atoms with Crippen molar-refractivity contribution < 1.29 is 9.53 Å². The van der Waals surface area contributed by atoms with E-state index in [2.05, 4.69) is 10.3 Å². The van der Waals surface area contributed by atoms with Crippen LogP contribution in [0.15, 0.2) is 85.2 Å². The largest absolute Gasteiger partial charge is 0.497 e. The standard InChI is InChI=1S/C22H20N4O2/c1-28-20-11-7-8-17(14-20)24-22(27)26(18-9-3-2-4-10-18)16-19-15-23-21-12-5-6-13-25(19)21/h2-15H,16H2,1H3,(H,24,27). The second-order valence-electron chi connectivity index (χ2n) is 6.26. The van der Waals surface area contributed by atoms with E-state index in [0.717, 1.165) is 17.0 Å². The van der Waals surface area contributed by atoms with Crippen LogP contribution in [0.25, 0.3) is 5.65 Å². The number of urea groups is 1. The lowest BCUT2D eigenvalue weighted by Gasteiger charge is -2.23. The van der Waals surface area contributed by atoms with Crippen LogP contribution in [-0.4, -0.2) is 22.5 Å². The highest BCUT2D eigenvalue weighted by molar-refractivity contribution is 6.01. The van der Waals surface area contributed by atoms with E-state index in [0.29, 0.717) is 18.0 Å². The molecule has 2 amide bonds. The molecule has 4 aromatic rings. The van der Waals surface area contributed by atoms with Gasteiger partial charge in [0.1, 0.15) is 11.4 Å². The van der Waals surface area contributed by atoms with E-state index in [-0.39, 0.29) is 6.03 Å². The molecule has 0 fully saturated rings. The zero-order valence-corrected chi connectivity index (χ0v) is 15.4. The second kappa shape index (κ2) is 7.84. The molecule has 0 saturated heterocycles. The maximum Gasteiger partial charge on any atom is 0.326 e. The van der Waals surface area contributed by atoms with E-state index in [4.69, 9.17) is 4.74 Å². The van der Waals surface area contributed by atoms with E-state index in [9.17, 15) is 4.79 Å². The van der Waals surface area contributed by atoms with Crippen LogP contribution in [0.1, 0.15) is 5.69 Å². The number of carbonyl (C=O) groups is 1. The molecule has 1 N–H and O–H groups in total. The Morgan fingerprint density at radius 2 is 1.89 bits per heavy atom. The molecule has 0 saturated carbocycles. The first kappa shape index (κ1) is 17.6. The molecule has 6 nitrogen and oxygen atoms in total.